The van der Waals surface area contributed by atoms with Crippen LogP contribution in [0, 0.1) is 18.8 Å². The van der Waals surface area contributed by atoms with Crippen molar-refractivity contribution in [2.24, 2.45) is 11.8 Å². The standard InChI is InChI=1S/C40H54N4O6/c1-26-22-30(12-15-35(26)47-5)28-8-6-27(7-9-28)24-44(36-23-31(16-19-41-36)34-25-49-38(43-34)40(2,3)4)37(45)29-10-13-33(14-11-29)50-39(46)42-32-17-20-48-21-18-32/h12,15-16,19,22-23,25,27-29,32-33H,6-11,13-14,17-18,20-21,24H2,1-5H3,(H,42,46)/t27-,28-,29-,33-. The van der Waals surface area contributed by atoms with E-state index in [-0.39, 0.29) is 35.5 Å². The Hall–Kier alpha value is -3.92. The average molecular weight is 687 g/mol. The highest BCUT2D eigenvalue weighted by Crippen LogP contribution is 2.39. The summed E-state index contributed by atoms with van der Waals surface area (Å²) in [7, 11) is 1.72. The SMILES string of the molecule is COc1ccc([C@H]2CC[C@H](CN(c3cc(-c4coc(C(C)(C)C)n4)ccn3)C(=O)[C@H]3CC[C@H](OC(=O)NC4CCOCC4)CC3)CC2)cc1C. The lowest BCUT2D eigenvalue weighted by atomic mass is 9.78. The van der Waals surface area contributed by atoms with Gasteiger partial charge in [-0.15, -0.1) is 0 Å². The van der Waals surface area contributed by atoms with E-state index in [1.54, 1.807) is 19.6 Å². The third-order valence-corrected chi connectivity index (χ3v) is 10.7. The van der Waals surface area contributed by atoms with Gasteiger partial charge in [-0.05, 0) is 112 Å². The number of alkyl carbamates (subject to hydrolysis) is 1. The fraction of sp³-hybridized carbons (Fsp3) is 0.600. The molecule has 50 heavy (non-hydrogen) atoms. The van der Waals surface area contributed by atoms with Gasteiger partial charge in [-0.25, -0.2) is 14.8 Å². The molecule has 2 aliphatic carbocycles. The summed E-state index contributed by atoms with van der Waals surface area (Å²) in [5, 5.41) is 2.99. The number of oxazole rings is 1. The lowest BCUT2D eigenvalue weighted by Crippen LogP contribution is -2.43. The molecule has 0 unspecified atom stereocenters. The van der Waals surface area contributed by atoms with Gasteiger partial charge in [0.25, 0.3) is 0 Å². The van der Waals surface area contributed by atoms with Gasteiger partial charge in [0.05, 0.1) is 7.11 Å². The van der Waals surface area contributed by atoms with E-state index in [4.69, 9.17) is 28.6 Å². The molecule has 0 spiro atoms. The normalized spacial score (nSPS) is 23.2. The molecule has 3 aliphatic rings. The molecule has 3 heterocycles. The molecule has 270 valence electrons. The molecule has 0 radical (unpaired) electrons. The van der Waals surface area contributed by atoms with Gasteiger partial charge in [-0.2, -0.15) is 0 Å². The Bertz CT molecular complexity index is 1590. The van der Waals surface area contributed by atoms with E-state index in [1.165, 1.54) is 5.56 Å². The highest BCUT2D eigenvalue weighted by atomic mass is 16.6. The number of amides is 2. The van der Waals surface area contributed by atoms with E-state index in [0.717, 1.165) is 61.1 Å². The molecule has 1 aliphatic heterocycles. The van der Waals surface area contributed by atoms with Gasteiger partial charge in [-0.1, -0.05) is 32.9 Å². The summed E-state index contributed by atoms with van der Waals surface area (Å²) in [4.78, 5) is 38.5. The van der Waals surface area contributed by atoms with Gasteiger partial charge >= 0.3 is 6.09 Å². The molecule has 0 bridgehead atoms. The maximum atomic E-state index is 14.4. The molecule has 3 aromatic rings. The molecule has 2 amide bonds. The van der Waals surface area contributed by atoms with Crippen molar-refractivity contribution in [2.45, 2.75) is 115 Å². The first kappa shape index (κ1) is 35.9. The molecule has 10 heteroatoms. The van der Waals surface area contributed by atoms with Gasteiger partial charge in [0.15, 0.2) is 5.89 Å². The lowest BCUT2D eigenvalue weighted by molar-refractivity contribution is -0.124. The minimum absolute atomic E-state index is 0.0960. The van der Waals surface area contributed by atoms with Gasteiger partial charge in [0.1, 0.15) is 29.6 Å². The van der Waals surface area contributed by atoms with E-state index < -0.39 is 0 Å². The number of hydrogen-bond acceptors (Lipinski definition) is 8. The first-order valence-corrected chi connectivity index (χ1v) is 18.5. The zero-order chi connectivity index (χ0) is 35.3. The Labute approximate surface area is 296 Å². The zero-order valence-corrected chi connectivity index (χ0v) is 30.4. The van der Waals surface area contributed by atoms with Crippen molar-refractivity contribution < 1.29 is 28.2 Å². The number of anilines is 1. The summed E-state index contributed by atoms with van der Waals surface area (Å²) in [6, 6.07) is 10.5. The summed E-state index contributed by atoms with van der Waals surface area (Å²) >= 11 is 0. The summed E-state index contributed by atoms with van der Waals surface area (Å²) in [5.74, 6) is 3.06. The highest BCUT2D eigenvalue weighted by molar-refractivity contribution is 5.94. The van der Waals surface area contributed by atoms with Crippen LogP contribution in [0.25, 0.3) is 11.3 Å². The molecular weight excluding hydrogens is 632 g/mol. The molecule has 10 nitrogen and oxygen atoms in total. The predicted octanol–water partition coefficient (Wildman–Crippen LogP) is 8.12. The number of pyridine rings is 1. The van der Waals surface area contributed by atoms with Crippen molar-refractivity contribution in [3.8, 4) is 17.0 Å². The number of benzene rings is 1. The Balaban J connectivity index is 1.14. The lowest BCUT2D eigenvalue weighted by Gasteiger charge is -2.36. The first-order chi connectivity index (χ1) is 24.1. The molecule has 6 rings (SSSR count). The van der Waals surface area contributed by atoms with Crippen LogP contribution in [-0.2, 0) is 19.7 Å². The molecule has 2 aromatic heterocycles. The van der Waals surface area contributed by atoms with Crippen LogP contribution in [0.4, 0.5) is 10.6 Å². The Morgan fingerprint density at radius 1 is 0.960 bits per heavy atom. The zero-order valence-electron chi connectivity index (χ0n) is 30.4. The number of aryl methyl sites for hydroxylation is 1. The quantitative estimate of drug-likeness (QED) is 0.240. The maximum Gasteiger partial charge on any atom is 0.407 e. The largest absolute Gasteiger partial charge is 0.496 e. The summed E-state index contributed by atoms with van der Waals surface area (Å²) in [6.45, 7) is 10.3. The van der Waals surface area contributed by atoms with Crippen LogP contribution in [0.3, 0.4) is 0 Å². The molecule has 2 saturated carbocycles. The number of nitrogens with one attached hydrogen (secondary N) is 1. The fourth-order valence-corrected chi connectivity index (χ4v) is 7.71. The number of rotatable bonds is 9. The molecule has 1 aromatic carbocycles. The Morgan fingerprint density at radius 3 is 2.36 bits per heavy atom. The number of carbonyl (C=O) groups excluding carboxylic acids is 2. The van der Waals surface area contributed by atoms with E-state index in [0.29, 0.717) is 69.0 Å². The van der Waals surface area contributed by atoms with Crippen molar-refractivity contribution >= 4 is 17.8 Å². The minimum Gasteiger partial charge on any atom is -0.496 e. The molecular formula is C40H54N4O6. The average Bonchev–Trinajstić information content (AvgIpc) is 3.63. The summed E-state index contributed by atoms with van der Waals surface area (Å²) in [6.07, 6.45) is 11.4. The van der Waals surface area contributed by atoms with Gasteiger partial charge in [0.2, 0.25) is 5.91 Å². The minimum atomic E-state index is -0.364. The Morgan fingerprint density at radius 2 is 1.70 bits per heavy atom. The van der Waals surface area contributed by atoms with Crippen LogP contribution in [0.2, 0.25) is 0 Å². The number of carbonyl (C=O) groups is 2. The van der Waals surface area contributed by atoms with Crippen molar-refractivity contribution in [1.29, 1.82) is 0 Å². The van der Waals surface area contributed by atoms with Crippen molar-refractivity contribution in [3.05, 3.63) is 59.8 Å². The van der Waals surface area contributed by atoms with E-state index in [2.05, 4.69) is 51.2 Å². The van der Waals surface area contributed by atoms with Gasteiger partial charge < -0.3 is 23.9 Å². The van der Waals surface area contributed by atoms with Crippen LogP contribution in [0.1, 0.15) is 108 Å². The smallest absolute Gasteiger partial charge is 0.407 e. The summed E-state index contributed by atoms with van der Waals surface area (Å²) < 4.78 is 22.5. The second-order valence-electron chi connectivity index (χ2n) is 15.5. The maximum absolute atomic E-state index is 14.4. The van der Waals surface area contributed by atoms with Crippen molar-refractivity contribution in [2.75, 3.05) is 31.8 Å². The molecule has 0 atom stereocenters. The van der Waals surface area contributed by atoms with E-state index in [1.807, 2.05) is 17.0 Å². The predicted molar refractivity (Wildman–Crippen MR) is 192 cm³/mol. The van der Waals surface area contributed by atoms with E-state index >= 15 is 0 Å². The number of aromatic nitrogens is 2. The van der Waals surface area contributed by atoms with Gasteiger partial charge in [0, 0.05) is 48.9 Å². The van der Waals surface area contributed by atoms with Crippen molar-refractivity contribution in [1.82, 2.24) is 15.3 Å². The molecule has 3 fully saturated rings. The highest BCUT2D eigenvalue weighted by Gasteiger charge is 2.35. The fourth-order valence-electron chi connectivity index (χ4n) is 7.71. The van der Waals surface area contributed by atoms with Crippen LogP contribution in [0.15, 0.2) is 47.2 Å². The monoisotopic (exact) mass is 686 g/mol. The van der Waals surface area contributed by atoms with Gasteiger partial charge in [-0.3, -0.25) is 9.69 Å². The topological polar surface area (TPSA) is 116 Å². The van der Waals surface area contributed by atoms with Crippen LogP contribution in [0.5, 0.6) is 5.75 Å². The second-order valence-corrected chi connectivity index (χ2v) is 15.5. The van der Waals surface area contributed by atoms with Crippen LogP contribution in [-0.4, -0.2) is 61.0 Å². The van der Waals surface area contributed by atoms with Crippen LogP contribution < -0.4 is 15.0 Å². The number of nitrogens with zero attached hydrogens (tertiary/aromatic N) is 3. The third kappa shape index (κ3) is 8.86. The van der Waals surface area contributed by atoms with Crippen molar-refractivity contribution in [3.63, 3.8) is 0 Å². The molecule has 1 saturated heterocycles. The number of methoxy groups -OCH3 is 1. The number of ether oxygens (including phenoxy) is 3. The third-order valence-electron chi connectivity index (χ3n) is 10.7. The first-order valence-electron chi connectivity index (χ1n) is 18.5. The van der Waals surface area contributed by atoms with E-state index in [9.17, 15) is 9.59 Å². The second kappa shape index (κ2) is 16.0. The van der Waals surface area contributed by atoms with Crippen LogP contribution >= 0.6 is 0 Å². The number of hydrogen-bond donors (Lipinski definition) is 1. The Kier molecular flexibility index (Phi) is 11.5. The molecule has 1 N–H and O–H groups in total. The summed E-state index contributed by atoms with van der Waals surface area (Å²) in [5.41, 5.74) is 3.92.